The minimum absolute atomic E-state index is 0. The van der Waals surface area contributed by atoms with E-state index in [-0.39, 0.29) is 36.6 Å². The van der Waals surface area contributed by atoms with Gasteiger partial charge in [-0.1, -0.05) is 0 Å². The third-order valence-corrected chi connectivity index (χ3v) is 5.88. The normalized spacial score (nSPS) is 22.5. The second-order valence-electron chi connectivity index (χ2n) is 8.24. The molecule has 0 radical (unpaired) electrons. The van der Waals surface area contributed by atoms with Gasteiger partial charge >= 0.3 is 12.2 Å². The number of hydrogen-bond acceptors (Lipinski definition) is 4. The molecule has 1 saturated heterocycles. The van der Waals surface area contributed by atoms with E-state index in [4.69, 9.17) is 5.73 Å². The zero-order chi connectivity index (χ0) is 20.8. The number of amides is 3. The van der Waals surface area contributed by atoms with E-state index >= 15 is 0 Å². The van der Waals surface area contributed by atoms with Gasteiger partial charge in [0.05, 0.1) is 12.6 Å². The lowest BCUT2D eigenvalue weighted by molar-refractivity contribution is -0.149. The first kappa shape index (κ1) is 22.6. The highest BCUT2D eigenvalue weighted by molar-refractivity contribution is 5.94. The van der Waals surface area contributed by atoms with Crippen LogP contribution in [0, 0.1) is 17.8 Å². The van der Waals surface area contributed by atoms with Crippen molar-refractivity contribution in [2.75, 3.05) is 11.9 Å². The number of alkyl halides is 3. The molecule has 7 nitrogen and oxygen atoms in total. The van der Waals surface area contributed by atoms with E-state index in [0.717, 1.165) is 30.6 Å². The van der Waals surface area contributed by atoms with Gasteiger partial charge in [-0.15, -0.1) is 12.4 Å². The predicted molar refractivity (Wildman–Crippen MR) is 106 cm³/mol. The van der Waals surface area contributed by atoms with E-state index in [9.17, 15) is 22.8 Å². The summed E-state index contributed by atoms with van der Waals surface area (Å²) in [5.41, 5.74) is 6.80. The molecule has 0 spiro atoms. The van der Waals surface area contributed by atoms with Gasteiger partial charge in [-0.05, 0) is 61.1 Å². The van der Waals surface area contributed by atoms with E-state index in [2.05, 4.69) is 10.3 Å². The topological polar surface area (TPSA) is 100 Å². The molecule has 3 aliphatic rings. The van der Waals surface area contributed by atoms with E-state index in [1.54, 1.807) is 12.1 Å². The Labute approximate surface area is 178 Å². The predicted octanol–water partition coefficient (Wildman–Crippen LogP) is 2.66. The van der Waals surface area contributed by atoms with Crippen LogP contribution in [0.15, 0.2) is 18.3 Å². The molecule has 4 N–H and O–H groups in total. The summed E-state index contributed by atoms with van der Waals surface area (Å²) in [5, 5.41) is 4.65. The fourth-order valence-corrected chi connectivity index (χ4v) is 4.09. The number of halogens is 4. The largest absolute Gasteiger partial charge is 0.410 e. The van der Waals surface area contributed by atoms with Gasteiger partial charge in [0.25, 0.3) is 0 Å². The smallest absolute Gasteiger partial charge is 0.324 e. The summed E-state index contributed by atoms with van der Waals surface area (Å²) in [4.78, 5) is 29.6. The number of urea groups is 1. The SMILES string of the molecule is Cl.N[C@H](C(=O)Nc1cc(CN2C[C@@H](C(F)(F)F)NC2=O)ccn1)C(C1CC1)C1CC1. The van der Waals surface area contributed by atoms with Gasteiger partial charge in [0.15, 0.2) is 0 Å². The number of anilines is 1. The van der Waals surface area contributed by atoms with Gasteiger partial charge in [0.1, 0.15) is 11.9 Å². The van der Waals surface area contributed by atoms with Crippen molar-refractivity contribution in [3.8, 4) is 0 Å². The van der Waals surface area contributed by atoms with Crippen molar-refractivity contribution in [1.29, 1.82) is 0 Å². The lowest BCUT2D eigenvalue weighted by Crippen LogP contribution is -2.44. The number of nitrogens with zero attached hydrogens (tertiary/aromatic N) is 2. The zero-order valence-corrected chi connectivity index (χ0v) is 17.0. The van der Waals surface area contributed by atoms with Gasteiger partial charge in [-0.3, -0.25) is 4.79 Å². The second-order valence-corrected chi connectivity index (χ2v) is 8.24. The highest BCUT2D eigenvalue weighted by Gasteiger charge is 2.47. The molecule has 2 saturated carbocycles. The minimum atomic E-state index is -4.49. The summed E-state index contributed by atoms with van der Waals surface area (Å²) in [5.74, 6) is 1.23. The van der Waals surface area contributed by atoms with Crippen LogP contribution in [0.2, 0.25) is 0 Å². The average molecular weight is 448 g/mol. The maximum atomic E-state index is 12.8. The molecule has 1 aromatic heterocycles. The quantitative estimate of drug-likeness (QED) is 0.598. The van der Waals surface area contributed by atoms with Crippen LogP contribution in [-0.4, -0.2) is 46.6 Å². The Bertz CT molecular complexity index is 789. The highest BCUT2D eigenvalue weighted by Crippen LogP contribution is 2.50. The molecular formula is C19H25ClF3N5O2. The summed E-state index contributed by atoms with van der Waals surface area (Å²) in [6.07, 6.45) is 1.43. The molecule has 1 aromatic rings. The molecule has 4 rings (SSSR count). The highest BCUT2D eigenvalue weighted by atomic mass is 35.5. The van der Waals surface area contributed by atoms with Crippen LogP contribution in [0.25, 0.3) is 0 Å². The Kier molecular flexibility index (Phi) is 6.47. The first-order valence-corrected chi connectivity index (χ1v) is 9.86. The Hall–Kier alpha value is -2.07. The third-order valence-electron chi connectivity index (χ3n) is 5.88. The molecule has 2 atom stereocenters. The van der Waals surface area contributed by atoms with Gasteiger partial charge in [-0.2, -0.15) is 13.2 Å². The lowest BCUT2D eigenvalue weighted by Gasteiger charge is -2.22. The van der Waals surface area contributed by atoms with Crippen LogP contribution in [0.5, 0.6) is 0 Å². The molecule has 0 unspecified atom stereocenters. The number of nitrogens with two attached hydrogens (primary N) is 1. The van der Waals surface area contributed by atoms with Crippen molar-refractivity contribution in [3.63, 3.8) is 0 Å². The first-order valence-electron chi connectivity index (χ1n) is 9.86. The molecule has 166 valence electrons. The van der Waals surface area contributed by atoms with Crippen molar-refractivity contribution < 1.29 is 22.8 Å². The fourth-order valence-electron chi connectivity index (χ4n) is 4.09. The molecule has 2 aliphatic carbocycles. The number of pyridine rings is 1. The number of carbonyl (C=O) groups excluding carboxylic acids is 2. The number of nitrogens with one attached hydrogen (secondary N) is 2. The molecule has 30 heavy (non-hydrogen) atoms. The second kappa shape index (κ2) is 8.58. The van der Waals surface area contributed by atoms with Crippen LogP contribution >= 0.6 is 12.4 Å². The summed E-state index contributed by atoms with van der Waals surface area (Å²) >= 11 is 0. The van der Waals surface area contributed by atoms with Gasteiger partial charge in [0, 0.05) is 12.7 Å². The average Bonchev–Trinajstić information content (AvgIpc) is 3.56. The van der Waals surface area contributed by atoms with Crippen LogP contribution in [0.3, 0.4) is 0 Å². The van der Waals surface area contributed by atoms with E-state index in [0.29, 0.717) is 17.4 Å². The lowest BCUT2D eigenvalue weighted by atomic mass is 9.89. The Morgan fingerprint density at radius 1 is 1.30 bits per heavy atom. The van der Waals surface area contributed by atoms with Crippen LogP contribution < -0.4 is 16.4 Å². The van der Waals surface area contributed by atoms with Crippen LogP contribution in [0.4, 0.5) is 23.8 Å². The fraction of sp³-hybridized carbons (Fsp3) is 0.632. The summed E-state index contributed by atoms with van der Waals surface area (Å²) in [7, 11) is 0. The minimum Gasteiger partial charge on any atom is -0.324 e. The summed E-state index contributed by atoms with van der Waals surface area (Å²) < 4.78 is 38.4. The Balaban J connectivity index is 0.00000256. The molecule has 3 amide bonds. The van der Waals surface area contributed by atoms with Crippen LogP contribution in [0.1, 0.15) is 31.2 Å². The van der Waals surface area contributed by atoms with Crippen molar-refractivity contribution in [2.24, 2.45) is 23.5 Å². The molecular weight excluding hydrogens is 423 g/mol. The summed E-state index contributed by atoms with van der Waals surface area (Å²) in [6.45, 7) is -0.468. The monoisotopic (exact) mass is 447 g/mol. The number of hydrogen-bond donors (Lipinski definition) is 3. The first-order chi connectivity index (χ1) is 13.7. The molecule has 2 heterocycles. The van der Waals surface area contributed by atoms with E-state index in [1.165, 1.54) is 6.20 Å². The van der Waals surface area contributed by atoms with Gasteiger partial charge < -0.3 is 21.3 Å². The molecule has 0 aromatic carbocycles. The van der Waals surface area contributed by atoms with Gasteiger partial charge in [-0.25, -0.2) is 9.78 Å². The van der Waals surface area contributed by atoms with Gasteiger partial charge in [0.2, 0.25) is 5.91 Å². The van der Waals surface area contributed by atoms with Crippen molar-refractivity contribution in [2.45, 2.75) is 50.5 Å². The van der Waals surface area contributed by atoms with E-state index in [1.807, 2.05) is 5.32 Å². The standard InChI is InChI=1S/C19H24F3N5O2.ClH/c20-19(21,22)13-9-27(18(29)25-13)8-10-5-6-24-14(7-10)26-17(28)16(23)15(11-1-2-11)12-3-4-12;/h5-7,11-13,15-16H,1-4,8-9,23H2,(H,25,29)(H,24,26,28);1H/t13-,16-;/m0./s1. The molecule has 3 fully saturated rings. The Morgan fingerprint density at radius 2 is 1.93 bits per heavy atom. The van der Waals surface area contributed by atoms with Crippen molar-refractivity contribution >= 4 is 30.2 Å². The number of rotatable bonds is 7. The molecule has 0 bridgehead atoms. The third kappa shape index (κ3) is 5.15. The number of aromatic nitrogens is 1. The summed E-state index contributed by atoms with van der Waals surface area (Å²) in [6, 6.07) is -0.0927. The van der Waals surface area contributed by atoms with Crippen molar-refractivity contribution in [3.05, 3.63) is 23.9 Å². The molecule has 1 aliphatic heterocycles. The zero-order valence-electron chi connectivity index (χ0n) is 16.2. The van der Waals surface area contributed by atoms with E-state index < -0.39 is 30.8 Å². The Morgan fingerprint density at radius 3 is 2.47 bits per heavy atom. The maximum absolute atomic E-state index is 12.8. The van der Waals surface area contributed by atoms with Crippen LogP contribution in [-0.2, 0) is 11.3 Å². The number of carbonyl (C=O) groups is 2. The maximum Gasteiger partial charge on any atom is 0.410 e. The van der Waals surface area contributed by atoms with Crippen molar-refractivity contribution in [1.82, 2.24) is 15.2 Å². The molecule has 11 heteroatoms.